The Morgan fingerprint density at radius 2 is 1.33 bits per heavy atom. The molecule has 0 unspecified atom stereocenters. The van der Waals surface area contributed by atoms with Crippen LogP contribution in [0.5, 0.6) is 0 Å². The summed E-state index contributed by atoms with van der Waals surface area (Å²) in [5, 5.41) is 0. The molecule has 3 nitrogen and oxygen atoms in total. The van der Waals surface area contributed by atoms with Crippen LogP contribution >= 0.6 is 0 Å². The molecule has 0 aromatic carbocycles. The molecule has 0 saturated carbocycles. The van der Waals surface area contributed by atoms with Gasteiger partial charge in [0.1, 0.15) is 0 Å². The molecule has 0 saturated heterocycles. The summed E-state index contributed by atoms with van der Waals surface area (Å²) < 4.78 is 8.74. The average molecular weight is 197 g/mol. The Labute approximate surface area is 57.6 Å². The standard InChI is InChI=1S/Cu.Mn.H2O3Si/c;;1-4(2)3/h;;1-2H. The normalized spacial score (nSPS) is 4.00. The molecule has 0 aliphatic carbocycles. The first-order chi connectivity index (χ1) is 1.73. The van der Waals surface area contributed by atoms with Gasteiger partial charge in [0.05, 0.1) is 0 Å². The molecule has 0 aromatic heterocycles. The van der Waals surface area contributed by atoms with Crippen molar-refractivity contribution in [3.63, 3.8) is 0 Å². The van der Waals surface area contributed by atoms with Gasteiger partial charge in [0.15, 0.2) is 0 Å². The maximum Gasteiger partial charge on any atom is 0.761 e. The zero-order chi connectivity index (χ0) is 3.58. The van der Waals surface area contributed by atoms with Crippen molar-refractivity contribution in [1.29, 1.82) is 0 Å². The first-order valence-electron chi connectivity index (χ1n) is 0.651. The third-order valence-corrected chi connectivity index (χ3v) is 0. The minimum absolute atomic E-state index is 0. The predicted octanol–water partition coefficient (Wildman–Crippen LogP) is -1.62. The van der Waals surface area contributed by atoms with Gasteiger partial charge in [-0.25, -0.2) is 0 Å². The molecule has 42 valence electrons. The van der Waals surface area contributed by atoms with Crippen LogP contribution in [0.1, 0.15) is 0 Å². The summed E-state index contributed by atoms with van der Waals surface area (Å²) in [5.41, 5.74) is 0. The van der Waals surface area contributed by atoms with Gasteiger partial charge in [-0.05, 0) is 0 Å². The Balaban J connectivity index is -0.0000000450. The van der Waals surface area contributed by atoms with E-state index in [-0.39, 0.29) is 34.1 Å². The summed E-state index contributed by atoms with van der Waals surface area (Å²) in [6.07, 6.45) is 0. The summed E-state index contributed by atoms with van der Waals surface area (Å²) in [5.74, 6) is 0. The van der Waals surface area contributed by atoms with Gasteiger partial charge in [0.25, 0.3) is 0 Å². The van der Waals surface area contributed by atoms with Crippen molar-refractivity contribution in [3.8, 4) is 0 Å². The number of hydrogen-bond acceptors (Lipinski definition) is 1. The monoisotopic (exact) mass is 196 g/mol. The molecule has 0 rings (SSSR count). The zero-order valence-electron chi connectivity index (χ0n) is 2.48. The quantitative estimate of drug-likeness (QED) is 0.458. The van der Waals surface area contributed by atoms with E-state index in [2.05, 4.69) is 0 Å². The van der Waals surface area contributed by atoms with Crippen LogP contribution in [0.3, 0.4) is 0 Å². The van der Waals surface area contributed by atoms with Crippen LogP contribution in [0.2, 0.25) is 0 Å². The van der Waals surface area contributed by atoms with Crippen LogP contribution in [0.4, 0.5) is 0 Å². The second kappa shape index (κ2) is 9.17. The fourth-order valence-electron chi connectivity index (χ4n) is 0. The molecule has 6 heavy (non-hydrogen) atoms. The van der Waals surface area contributed by atoms with Gasteiger partial charge in [-0.3, -0.25) is 4.46 Å². The van der Waals surface area contributed by atoms with Crippen LogP contribution in [0.25, 0.3) is 0 Å². The molecular formula is H2CuMnO3Si. The van der Waals surface area contributed by atoms with Crippen LogP contribution in [-0.4, -0.2) is 18.8 Å². The van der Waals surface area contributed by atoms with Gasteiger partial charge in [-0.1, -0.05) is 0 Å². The second-order valence-corrected chi connectivity index (χ2v) is 0.848. The first kappa shape index (κ1) is 15.9. The van der Waals surface area contributed by atoms with Crippen molar-refractivity contribution in [1.82, 2.24) is 0 Å². The molecular weight excluding hydrogens is 195 g/mol. The molecule has 0 amide bonds. The maximum atomic E-state index is 8.74. The zero-order valence-corrected chi connectivity index (χ0v) is 5.60. The second-order valence-electron chi connectivity index (χ2n) is 0.283. The van der Waals surface area contributed by atoms with Gasteiger partial charge >= 0.3 is 9.17 Å². The first-order valence-corrected chi connectivity index (χ1v) is 1.95. The SMILES string of the molecule is O=[Si](O)O.[Cu].[Mn]. The molecule has 2 N–H and O–H groups in total. The molecule has 0 heterocycles. The topological polar surface area (TPSA) is 57.5 Å². The van der Waals surface area contributed by atoms with E-state index in [0.717, 1.165) is 0 Å². The van der Waals surface area contributed by atoms with E-state index >= 15 is 0 Å². The molecule has 0 spiro atoms. The van der Waals surface area contributed by atoms with Gasteiger partial charge in [0, 0.05) is 34.1 Å². The summed E-state index contributed by atoms with van der Waals surface area (Å²) in [7, 11) is -3.13. The van der Waals surface area contributed by atoms with Crippen molar-refractivity contribution in [2.45, 2.75) is 0 Å². The molecule has 2 radical (unpaired) electrons. The molecule has 0 fully saturated rings. The minimum atomic E-state index is -3.13. The summed E-state index contributed by atoms with van der Waals surface area (Å²) in [4.78, 5) is 14.3. The van der Waals surface area contributed by atoms with E-state index in [1.165, 1.54) is 0 Å². The molecule has 0 aromatic rings. The van der Waals surface area contributed by atoms with E-state index in [9.17, 15) is 0 Å². The van der Waals surface area contributed by atoms with Crippen LogP contribution in [-0.2, 0) is 38.6 Å². The molecule has 0 bridgehead atoms. The van der Waals surface area contributed by atoms with Crippen molar-refractivity contribution >= 4 is 9.17 Å². The summed E-state index contributed by atoms with van der Waals surface area (Å²) in [6.45, 7) is 0. The molecule has 0 aliphatic heterocycles. The van der Waals surface area contributed by atoms with Gasteiger partial charge in [0.2, 0.25) is 0 Å². The smallest absolute Gasteiger partial charge is 0.511 e. The van der Waals surface area contributed by atoms with Crippen molar-refractivity contribution in [2.24, 2.45) is 0 Å². The Morgan fingerprint density at radius 3 is 1.33 bits per heavy atom. The largest absolute Gasteiger partial charge is 0.761 e. The molecule has 6 heteroatoms. The third kappa shape index (κ3) is 145. The van der Waals surface area contributed by atoms with Crippen molar-refractivity contribution in [3.05, 3.63) is 0 Å². The van der Waals surface area contributed by atoms with Crippen LogP contribution in [0.15, 0.2) is 0 Å². The fourth-order valence-corrected chi connectivity index (χ4v) is 0. The Kier molecular flexibility index (Phi) is 24.4. The van der Waals surface area contributed by atoms with Gasteiger partial charge in [-0.2, -0.15) is 0 Å². The van der Waals surface area contributed by atoms with E-state index in [4.69, 9.17) is 14.1 Å². The fraction of sp³-hybridized carbons (Fsp3) is 0. The number of hydrogen-bond donors (Lipinski definition) is 2. The number of rotatable bonds is 0. The van der Waals surface area contributed by atoms with E-state index < -0.39 is 9.17 Å². The van der Waals surface area contributed by atoms with Crippen molar-refractivity contribution in [2.75, 3.05) is 0 Å². The predicted molar refractivity (Wildman–Crippen MR) is 10.9 cm³/mol. The Morgan fingerprint density at radius 1 is 1.33 bits per heavy atom. The van der Waals surface area contributed by atoms with Crippen LogP contribution < -0.4 is 0 Å². The Bertz CT molecular complexity index is 33.8. The molecule has 0 aliphatic rings. The van der Waals surface area contributed by atoms with Gasteiger partial charge < -0.3 is 9.59 Å². The van der Waals surface area contributed by atoms with Gasteiger partial charge in [-0.15, -0.1) is 0 Å². The summed E-state index contributed by atoms with van der Waals surface area (Å²) in [6, 6.07) is 0. The average Bonchev–Trinajstić information content (AvgIpc) is 0.811. The van der Waals surface area contributed by atoms with E-state index in [1.807, 2.05) is 0 Å². The molecule has 0 atom stereocenters. The maximum absolute atomic E-state index is 8.74. The Hall–Kier alpha value is 0.656. The van der Waals surface area contributed by atoms with Crippen LogP contribution in [0, 0.1) is 0 Å². The summed E-state index contributed by atoms with van der Waals surface area (Å²) >= 11 is 0. The van der Waals surface area contributed by atoms with E-state index in [0.29, 0.717) is 0 Å². The minimum Gasteiger partial charge on any atom is -0.511 e. The third-order valence-electron chi connectivity index (χ3n) is 0. The van der Waals surface area contributed by atoms with Crippen molar-refractivity contribution < 1.29 is 48.2 Å². The van der Waals surface area contributed by atoms with E-state index in [1.54, 1.807) is 0 Å².